The molecule has 13 heteroatoms. The molecule has 0 saturated heterocycles. The lowest BCUT2D eigenvalue weighted by atomic mass is 10.1. The van der Waals surface area contributed by atoms with Gasteiger partial charge in [0.15, 0.2) is 0 Å². The number of carbonyl (C=O) groups is 2. The van der Waals surface area contributed by atoms with E-state index in [9.17, 15) is 35.6 Å². The van der Waals surface area contributed by atoms with Gasteiger partial charge in [-0.3, -0.25) is 14.3 Å². The van der Waals surface area contributed by atoms with E-state index in [2.05, 4.69) is 0 Å². The summed E-state index contributed by atoms with van der Waals surface area (Å²) in [5.74, 6) is -4.28. The fourth-order valence-electron chi connectivity index (χ4n) is 2.58. The van der Waals surface area contributed by atoms with Gasteiger partial charge >= 0.3 is 5.97 Å². The van der Waals surface area contributed by atoms with Crippen molar-refractivity contribution in [3.8, 4) is 0 Å². The third-order valence-corrected chi connectivity index (χ3v) is 6.90. The maximum atomic E-state index is 12.3. The summed E-state index contributed by atoms with van der Waals surface area (Å²) in [7, 11) is -3.70. The van der Waals surface area contributed by atoms with Crippen LogP contribution >= 0.6 is 12.4 Å². The average Bonchev–Trinajstić information content (AvgIpc) is 3.35. The molecule has 0 heterocycles. The van der Waals surface area contributed by atoms with Gasteiger partial charge in [-0.15, -0.1) is 12.4 Å². The van der Waals surface area contributed by atoms with Crippen LogP contribution < -0.4 is 10.5 Å². The Labute approximate surface area is 166 Å². The van der Waals surface area contributed by atoms with Crippen molar-refractivity contribution >= 4 is 34.3 Å². The standard InChI is InChI=1S/C8H12F2N2O3S.C6H8F2O2.CH4.ClH/c9-6(10)5-3-8(5,11)7(13)12-16(14,15)4-1-2-4;1-6(5(9)10)2-3(6)4(7)8;;/h4-6H,1-3,11H2,(H,12,13);3-4H,2H2,1H3,(H,9,10);1H4;1H/t5-,8+;3-,6-;;/m00../s1. The van der Waals surface area contributed by atoms with Crippen molar-refractivity contribution < 1.29 is 40.7 Å². The predicted molar refractivity (Wildman–Crippen MR) is 94.9 cm³/mol. The number of nitrogens with one attached hydrogen (secondary N) is 1. The molecule has 4 N–H and O–H groups in total. The van der Waals surface area contributed by atoms with E-state index < -0.39 is 62.8 Å². The van der Waals surface area contributed by atoms with Crippen molar-refractivity contribution in [2.45, 2.75) is 63.7 Å². The Morgan fingerprint density at radius 1 is 1.11 bits per heavy atom. The van der Waals surface area contributed by atoms with Gasteiger partial charge in [-0.1, -0.05) is 7.43 Å². The maximum absolute atomic E-state index is 12.3. The number of alkyl halides is 4. The number of carboxylic acid groups (broad SMARTS) is 1. The van der Waals surface area contributed by atoms with Gasteiger partial charge in [0.1, 0.15) is 5.54 Å². The van der Waals surface area contributed by atoms with Gasteiger partial charge in [-0.25, -0.2) is 26.0 Å². The Morgan fingerprint density at radius 3 is 1.82 bits per heavy atom. The van der Waals surface area contributed by atoms with Crippen molar-refractivity contribution in [2.24, 2.45) is 23.0 Å². The maximum Gasteiger partial charge on any atom is 0.309 e. The van der Waals surface area contributed by atoms with Gasteiger partial charge in [0, 0.05) is 11.8 Å². The van der Waals surface area contributed by atoms with Crippen LogP contribution in [0.1, 0.15) is 40.0 Å². The van der Waals surface area contributed by atoms with E-state index in [1.165, 1.54) is 6.92 Å². The topological polar surface area (TPSA) is 127 Å². The average molecular weight is 457 g/mol. The van der Waals surface area contributed by atoms with E-state index in [0.29, 0.717) is 12.8 Å². The first-order chi connectivity index (χ1) is 11.8. The summed E-state index contributed by atoms with van der Waals surface area (Å²) in [6.07, 6.45) is -4.24. The van der Waals surface area contributed by atoms with E-state index in [0.717, 1.165) is 0 Å². The lowest BCUT2D eigenvalue weighted by molar-refractivity contribution is -0.144. The van der Waals surface area contributed by atoms with Gasteiger partial charge in [0.05, 0.1) is 10.7 Å². The summed E-state index contributed by atoms with van der Waals surface area (Å²) in [6, 6.07) is 0. The lowest BCUT2D eigenvalue weighted by Gasteiger charge is -2.12. The molecule has 4 atom stereocenters. The number of rotatable bonds is 6. The molecule has 166 valence electrons. The molecule has 3 aliphatic rings. The molecule has 7 nitrogen and oxygen atoms in total. The van der Waals surface area contributed by atoms with E-state index in [1.54, 1.807) is 4.72 Å². The predicted octanol–water partition coefficient (Wildman–Crippen LogP) is 2.00. The van der Waals surface area contributed by atoms with Crippen molar-refractivity contribution in [1.82, 2.24) is 4.72 Å². The van der Waals surface area contributed by atoms with Crippen molar-refractivity contribution in [3.63, 3.8) is 0 Å². The molecule has 3 fully saturated rings. The Kier molecular flexibility index (Phi) is 8.35. The van der Waals surface area contributed by atoms with Gasteiger partial charge in [0.25, 0.3) is 5.91 Å². The van der Waals surface area contributed by atoms with Crippen LogP contribution in [0.4, 0.5) is 17.6 Å². The highest BCUT2D eigenvalue weighted by Crippen LogP contribution is 2.55. The van der Waals surface area contributed by atoms with Crippen LogP contribution in [0.5, 0.6) is 0 Å². The van der Waals surface area contributed by atoms with Gasteiger partial charge in [-0.2, -0.15) is 0 Å². The molecule has 0 bridgehead atoms. The molecule has 0 aliphatic heterocycles. The molecular weight excluding hydrogens is 432 g/mol. The number of amides is 1. The number of hydrogen-bond donors (Lipinski definition) is 3. The molecule has 0 spiro atoms. The summed E-state index contributed by atoms with van der Waals surface area (Å²) < 4.78 is 72.7. The fraction of sp³-hybridized carbons (Fsp3) is 0.867. The second-order valence-electron chi connectivity index (χ2n) is 7.23. The quantitative estimate of drug-likeness (QED) is 0.525. The fourth-order valence-corrected chi connectivity index (χ4v) is 3.95. The number of halogens is 5. The molecule has 3 rings (SSSR count). The second-order valence-corrected chi connectivity index (χ2v) is 9.19. The number of sulfonamides is 1. The molecular formula is C15H25ClF4N2O5S. The van der Waals surface area contributed by atoms with Crippen LogP contribution in [-0.4, -0.2) is 49.0 Å². The zero-order valence-electron chi connectivity index (χ0n) is 14.2. The van der Waals surface area contributed by atoms with Crippen LogP contribution in [-0.2, 0) is 19.6 Å². The zero-order valence-corrected chi connectivity index (χ0v) is 15.8. The minimum Gasteiger partial charge on any atom is -0.481 e. The SMILES string of the molecule is C.C[C@]1(C(=O)O)C[C@H]1C(F)F.Cl.N[C@]1(C(=O)NS(=O)(=O)C2CC2)C[C@H]1C(F)F. The first-order valence-corrected chi connectivity index (χ1v) is 9.45. The number of hydrogen-bond acceptors (Lipinski definition) is 5. The Balaban J connectivity index is 0.000000532. The highest BCUT2D eigenvalue weighted by atomic mass is 35.5. The van der Waals surface area contributed by atoms with Crippen molar-refractivity contribution in [3.05, 3.63) is 0 Å². The Morgan fingerprint density at radius 2 is 1.57 bits per heavy atom. The number of carbonyl (C=O) groups excluding carboxylic acids is 1. The Bertz CT molecular complexity index is 707. The van der Waals surface area contributed by atoms with Crippen LogP contribution in [0.25, 0.3) is 0 Å². The number of nitrogens with two attached hydrogens (primary N) is 1. The van der Waals surface area contributed by atoms with Crippen LogP contribution in [0, 0.1) is 17.3 Å². The normalized spacial score (nSPS) is 33.0. The van der Waals surface area contributed by atoms with Gasteiger partial charge in [-0.05, 0) is 32.6 Å². The first-order valence-electron chi connectivity index (χ1n) is 7.90. The van der Waals surface area contributed by atoms with Crippen molar-refractivity contribution in [2.75, 3.05) is 0 Å². The first kappa shape index (κ1) is 26.9. The molecule has 0 aromatic heterocycles. The molecule has 1 amide bonds. The van der Waals surface area contributed by atoms with E-state index >= 15 is 0 Å². The summed E-state index contributed by atoms with van der Waals surface area (Å²) in [5, 5.41) is 7.83. The molecule has 3 saturated carbocycles. The van der Waals surface area contributed by atoms with Crippen molar-refractivity contribution in [1.29, 1.82) is 0 Å². The number of carboxylic acids is 1. The molecule has 3 aliphatic carbocycles. The summed E-state index contributed by atoms with van der Waals surface area (Å²) in [6.45, 7) is 1.35. The van der Waals surface area contributed by atoms with Gasteiger partial charge in [0.2, 0.25) is 22.9 Å². The summed E-state index contributed by atoms with van der Waals surface area (Å²) in [5.41, 5.74) is 2.55. The van der Waals surface area contributed by atoms with Crippen LogP contribution in [0.3, 0.4) is 0 Å². The zero-order chi connectivity index (χ0) is 20.1. The third kappa shape index (κ3) is 5.47. The monoisotopic (exact) mass is 456 g/mol. The summed E-state index contributed by atoms with van der Waals surface area (Å²) in [4.78, 5) is 21.7. The molecule has 0 radical (unpaired) electrons. The highest BCUT2D eigenvalue weighted by molar-refractivity contribution is 7.90. The molecule has 0 aromatic carbocycles. The lowest BCUT2D eigenvalue weighted by Crippen LogP contribution is -2.48. The van der Waals surface area contributed by atoms with E-state index in [4.69, 9.17) is 10.8 Å². The minimum absolute atomic E-state index is 0. The highest BCUT2D eigenvalue weighted by Gasteiger charge is 2.62. The minimum atomic E-state index is -3.70. The molecule has 0 aromatic rings. The van der Waals surface area contributed by atoms with E-state index in [-0.39, 0.29) is 32.7 Å². The van der Waals surface area contributed by atoms with Crippen LogP contribution in [0.2, 0.25) is 0 Å². The second kappa shape index (κ2) is 8.70. The van der Waals surface area contributed by atoms with Crippen LogP contribution in [0.15, 0.2) is 0 Å². The third-order valence-electron chi connectivity index (χ3n) is 5.08. The van der Waals surface area contributed by atoms with E-state index in [1.807, 2.05) is 0 Å². The number of aliphatic carboxylic acids is 1. The Hall–Kier alpha value is -1.14. The molecule has 0 unspecified atom stereocenters. The summed E-state index contributed by atoms with van der Waals surface area (Å²) >= 11 is 0. The smallest absolute Gasteiger partial charge is 0.309 e. The largest absolute Gasteiger partial charge is 0.481 e. The molecule has 28 heavy (non-hydrogen) atoms. The van der Waals surface area contributed by atoms with Gasteiger partial charge < -0.3 is 10.8 Å².